The normalized spacial score (nSPS) is 34.6. The number of nitrogens with zero attached hydrogens (tertiary/aromatic N) is 1. The quantitative estimate of drug-likeness (QED) is 0.592. The topological polar surface area (TPSA) is 90.3 Å². The van der Waals surface area contributed by atoms with E-state index in [0.29, 0.717) is 12.8 Å². The summed E-state index contributed by atoms with van der Waals surface area (Å²) < 4.78 is 23.1. The Balaban J connectivity index is 2.41. The van der Waals surface area contributed by atoms with Crippen molar-refractivity contribution in [3.63, 3.8) is 0 Å². The Morgan fingerprint density at radius 2 is 2.20 bits per heavy atom. The number of carbonyl (C=O) groups is 1. The third-order valence-corrected chi connectivity index (χ3v) is 4.98. The lowest BCUT2D eigenvalue weighted by Crippen LogP contribution is -2.55. The van der Waals surface area contributed by atoms with Gasteiger partial charge in [0.2, 0.25) is 0 Å². The molecule has 2 N–H and O–H groups in total. The van der Waals surface area contributed by atoms with Gasteiger partial charge in [-0.2, -0.15) is 0 Å². The van der Waals surface area contributed by atoms with Gasteiger partial charge in [0.05, 0.1) is 11.5 Å². The highest BCUT2D eigenvalue weighted by atomic mass is 32.2. The zero-order valence-corrected chi connectivity index (χ0v) is 9.23. The summed E-state index contributed by atoms with van der Waals surface area (Å²) in [6, 6.07) is -0.392. The number of hydrogen-bond acceptors (Lipinski definition) is 4. The number of likely N-dealkylation sites (N-methyl/N-ethyl adjacent to an activating group) is 1. The van der Waals surface area contributed by atoms with Crippen LogP contribution in [-0.2, 0) is 9.84 Å². The molecule has 0 radical (unpaired) electrons. The fourth-order valence-corrected chi connectivity index (χ4v) is 4.16. The second-order valence-corrected chi connectivity index (χ2v) is 6.28. The number of rotatable bonds is 0. The van der Waals surface area contributed by atoms with Crippen molar-refractivity contribution >= 4 is 21.7 Å². The minimum absolute atomic E-state index is 0.0123. The molecule has 2 rings (SSSR count). The van der Waals surface area contributed by atoms with Crippen molar-refractivity contribution in [2.75, 3.05) is 18.6 Å². The van der Waals surface area contributed by atoms with E-state index in [9.17, 15) is 13.2 Å². The van der Waals surface area contributed by atoms with Crippen molar-refractivity contribution in [2.45, 2.75) is 18.4 Å². The molecule has 84 valence electrons. The van der Waals surface area contributed by atoms with Crippen LogP contribution in [0.4, 0.5) is 4.79 Å². The monoisotopic (exact) mass is 231 g/mol. The second kappa shape index (κ2) is 2.94. The van der Waals surface area contributed by atoms with E-state index < -0.39 is 21.4 Å². The van der Waals surface area contributed by atoms with Gasteiger partial charge in [0, 0.05) is 7.05 Å². The van der Waals surface area contributed by atoms with Crippen molar-refractivity contribution in [2.24, 2.45) is 0 Å². The average molecular weight is 231 g/mol. The molecule has 7 heteroatoms. The number of amidine groups is 1. The summed E-state index contributed by atoms with van der Waals surface area (Å²) in [5, 5.41) is 10.1. The molecule has 2 fully saturated rings. The fraction of sp³-hybridized carbons (Fsp3) is 0.750. The van der Waals surface area contributed by atoms with Crippen molar-refractivity contribution < 1.29 is 13.2 Å². The van der Waals surface area contributed by atoms with Gasteiger partial charge in [0.1, 0.15) is 11.4 Å². The summed E-state index contributed by atoms with van der Waals surface area (Å²) in [6.45, 7) is 0. The van der Waals surface area contributed by atoms with Crippen molar-refractivity contribution in [1.82, 2.24) is 10.2 Å². The summed E-state index contributed by atoms with van der Waals surface area (Å²) in [7, 11) is -1.60. The van der Waals surface area contributed by atoms with Crippen LogP contribution >= 0.6 is 0 Å². The van der Waals surface area contributed by atoms with Crippen molar-refractivity contribution in [3.05, 3.63) is 0 Å². The Morgan fingerprint density at radius 1 is 1.53 bits per heavy atom. The Kier molecular flexibility index (Phi) is 2.04. The number of carbonyl (C=O) groups excluding carboxylic acids is 1. The maximum atomic E-state index is 11.5. The molecule has 1 spiro atoms. The molecule has 0 aliphatic carbocycles. The Labute approximate surface area is 88.1 Å². The maximum Gasteiger partial charge on any atom is 0.323 e. The lowest BCUT2D eigenvalue weighted by molar-refractivity contribution is 0.193. The van der Waals surface area contributed by atoms with Crippen LogP contribution < -0.4 is 5.32 Å². The van der Waals surface area contributed by atoms with Gasteiger partial charge in [-0.15, -0.1) is 0 Å². The molecule has 2 saturated heterocycles. The molecule has 1 unspecified atom stereocenters. The fourth-order valence-electron chi connectivity index (χ4n) is 2.22. The highest BCUT2D eigenvalue weighted by Gasteiger charge is 2.52. The lowest BCUT2D eigenvalue weighted by atomic mass is 9.94. The molecule has 2 amide bonds. The largest absolute Gasteiger partial charge is 0.323 e. The van der Waals surface area contributed by atoms with E-state index >= 15 is 0 Å². The third-order valence-electron chi connectivity index (χ3n) is 3.15. The van der Waals surface area contributed by atoms with Gasteiger partial charge in [-0.05, 0) is 12.8 Å². The Bertz CT molecular complexity index is 430. The number of amides is 2. The second-order valence-electron chi connectivity index (χ2n) is 4.09. The van der Waals surface area contributed by atoms with Crippen molar-refractivity contribution in [3.8, 4) is 0 Å². The van der Waals surface area contributed by atoms with E-state index in [4.69, 9.17) is 5.41 Å². The van der Waals surface area contributed by atoms with E-state index in [1.165, 1.54) is 11.9 Å². The van der Waals surface area contributed by atoms with E-state index in [0.717, 1.165) is 0 Å². The number of hydrogen-bond donors (Lipinski definition) is 2. The molecule has 0 aromatic heterocycles. The van der Waals surface area contributed by atoms with Crippen LogP contribution in [0, 0.1) is 5.41 Å². The van der Waals surface area contributed by atoms with Gasteiger partial charge in [-0.1, -0.05) is 0 Å². The minimum Gasteiger partial charge on any atom is -0.314 e. The summed E-state index contributed by atoms with van der Waals surface area (Å²) in [5.41, 5.74) is -0.936. The Morgan fingerprint density at radius 3 is 2.67 bits per heavy atom. The number of nitrogens with one attached hydrogen (secondary N) is 2. The number of sulfone groups is 1. The first-order valence-electron chi connectivity index (χ1n) is 4.72. The third kappa shape index (κ3) is 1.41. The first kappa shape index (κ1) is 10.4. The molecule has 15 heavy (non-hydrogen) atoms. The predicted molar refractivity (Wildman–Crippen MR) is 54.6 cm³/mol. The molecule has 0 bridgehead atoms. The van der Waals surface area contributed by atoms with Crippen LogP contribution in [-0.4, -0.2) is 49.3 Å². The SMILES string of the molecule is CN1C(=O)NC(=N)C12CCCS(=O)(=O)C2. The molecular formula is C8H13N3O3S. The molecule has 2 heterocycles. The number of urea groups is 1. The van der Waals surface area contributed by atoms with Crippen LogP contribution in [0.5, 0.6) is 0 Å². The summed E-state index contributed by atoms with van der Waals surface area (Å²) in [5.74, 6) is 0.0382. The zero-order valence-electron chi connectivity index (χ0n) is 8.41. The van der Waals surface area contributed by atoms with Gasteiger partial charge in [0.25, 0.3) is 0 Å². The van der Waals surface area contributed by atoms with E-state index in [-0.39, 0.29) is 17.3 Å². The highest BCUT2D eigenvalue weighted by molar-refractivity contribution is 7.91. The standard InChI is InChI=1S/C8H13N3O3S/c1-11-7(12)10-6(9)8(11)3-2-4-15(13,14)5-8/h2-5H2,1H3,(H2,9,10,12). The predicted octanol–water partition coefficient (Wildman–Crippen LogP) is -0.434. The Hall–Kier alpha value is -1.11. The first-order chi connectivity index (χ1) is 6.87. The highest BCUT2D eigenvalue weighted by Crippen LogP contribution is 2.31. The molecular weight excluding hydrogens is 218 g/mol. The van der Waals surface area contributed by atoms with Gasteiger partial charge in [-0.25, -0.2) is 13.2 Å². The van der Waals surface area contributed by atoms with Gasteiger partial charge in [0.15, 0.2) is 9.84 Å². The molecule has 0 saturated carbocycles. The van der Waals surface area contributed by atoms with E-state index in [1.54, 1.807) is 0 Å². The van der Waals surface area contributed by atoms with Crippen LogP contribution in [0.1, 0.15) is 12.8 Å². The molecule has 0 aromatic carbocycles. The maximum absolute atomic E-state index is 11.5. The molecule has 1 atom stereocenters. The van der Waals surface area contributed by atoms with Gasteiger partial charge in [-0.3, -0.25) is 10.7 Å². The summed E-state index contributed by atoms with van der Waals surface area (Å²) >= 11 is 0. The zero-order chi connectivity index (χ0) is 11.3. The smallest absolute Gasteiger partial charge is 0.314 e. The van der Waals surface area contributed by atoms with Gasteiger partial charge < -0.3 is 4.90 Å². The molecule has 2 aliphatic rings. The molecule has 0 aromatic rings. The average Bonchev–Trinajstić information content (AvgIpc) is 2.30. The van der Waals surface area contributed by atoms with E-state index in [1.807, 2.05) is 0 Å². The van der Waals surface area contributed by atoms with Gasteiger partial charge >= 0.3 is 6.03 Å². The van der Waals surface area contributed by atoms with Crippen LogP contribution in [0.2, 0.25) is 0 Å². The lowest BCUT2D eigenvalue weighted by Gasteiger charge is -2.36. The molecule has 6 nitrogen and oxygen atoms in total. The van der Waals surface area contributed by atoms with Crippen LogP contribution in [0.25, 0.3) is 0 Å². The summed E-state index contributed by atoms with van der Waals surface area (Å²) in [6.07, 6.45) is 1.05. The summed E-state index contributed by atoms with van der Waals surface area (Å²) in [4.78, 5) is 12.7. The van der Waals surface area contributed by atoms with Crippen LogP contribution in [0.3, 0.4) is 0 Å². The van der Waals surface area contributed by atoms with Crippen molar-refractivity contribution in [1.29, 1.82) is 5.41 Å². The molecule has 2 aliphatic heterocycles. The first-order valence-corrected chi connectivity index (χ1v) is 6.54. The van der Waals surface area contributed by atoms with Crippen LogP contribution in [0.15, 0.2) is 0 Å². The minimum atomic E-state index is -3.14. The van der Waals surface area contributed by atoms with E-state index in [2.05, 4.69) is 5.32 Å².